The number of hydrogen-bond donors (Lipinski definition) is 8. The number of nitrogens with zero attached hydrogens (tertiary/aromatic N) is 2. The van der Waals surface area contributed by atoms with Crippen LogP contribution in [0.15, 0.2) is 11.0 Å². The van der Waals surface area contributed by atoms with Gasteiger partial charge in [0, 0.05) is 6.20 Å². The van der Waals surface area contributed by atoms with Gasteiger partial charge >= 0.3 is 23.5 Å². The van der Waals surface area contributed by atoms with Gasteiger partial charge in [-0.1, -0.05) is 0 Å². The minimum atomic E-state index is -5.88. The fourth-order valence-electron chi connectivity index (χ4n) is 3.47. The maximum absolute atomic E-state index is 14.4. The molecule has 0 spiro atoms. The zero-order chi connectivity index (χ0) is 27.4. The van der Waals surface area contributed by atoms with Crippen LogP contribution in [0.3, 0.4) is 0 Å². The summed E-state index contributed by atoms with van der Waals surface area (Å²) in [5, 5.41) is 20.6. The van der Waals surface area contributed by atoms with Crippen molar-refractivity contribution >= 4 is 40.4 Å². The first-order valence-electron chi connectivity index (χ1n) is 9.30. The van der Waals surface area contributed by atoms with Gasteiger partial charge in [-0.2, -0.15) is 13.6 Å². The molecule has 1 saturated heterocycles. The lowest BCUT2D eigenvalue weighted by molar-refractivity contribution is -0.119. The number of ether oxygens (including phenoxy) is 1. The van der Waals surface area contributed by atoms with Crippen LogP contribution in [0.1, 0.15) is 13.2 Å². The Morgan fingerprint density at radius 2 is 1.89 bits per heavy atom. The molecular weight excluding hydrogens is 567 g/mol. The lowest BCUT2D eigenvalue weighted by atomic mass is 9.93. The molecule has 2 aromatic rings. The molecule has 23 heteroatoms. The van der Waals surface area contributed by atoms with Crippen LogP contribution in [0.25, 0.3) is 11.0 Å². The molecule has 3 heterocycles. The highest BCUT2D eigenvalue weighted by Crippen LogP contribution is 2.66. The molecule has 1 fully saturated rings. The van der Waals surface area contributed by atoms with E-state index in [0.717, 1.165) is 6.92 Å². The summed E-state index contributed by atoms with van der Waals surface area (Å²) < 4.78 is 80.3. The van der Waals surface area contributed by atoms with Crippen LogP contribution in [-0.4, -0.2) is 74.9 Å². The van der Waals surface area contributed by atoms with Crippen LogP contribution in [0.4, 0.5) is 14.7 Å². The summed E-state index contributed by atoms with van der Waals surface area (Å²) in [5.41, 5.74) is 0.983. The number of nitrogens with two attached hydrogens (primary N) is 1. The van der Waals surface area contributed by atoms with E-state index in [9.17, 15) is 47.3 Å². The predicted molar refractivity (Wildman–Crippen MR) is 110 cm³/mol. The SMILES string of the molecule is C[C@H](OP(=O)(O)OP(=O)(O)OP(=O)(O)O)[C@H]1O[C@@H](n2cc(F)c3c(=O)[nH]c(N)nc32)[C@@](O)(CF)C1O. The highest BCUT2D eigenvalue weighted by Gasteiger charge is 2.59. The number of aliphatic hydroxyl groups is 2. The molecule has 3 unspecified atom stereocenters. The number of hydrogen-bond acceptors (Lipinski definition) is 12. The average Bonchev–Trinajstić information content (AvgIpc) is 3.13. The molecule has 9 N–H and O–H groups in total. The van der Waals surface area contributed by atoms with Crippen molar-refractivity contribution in [3.8, 4) is 0 Å². The lowest BCUT2D eigenvalue weighted by Gasteiger charge is -2.29. The van der Waals surface area contributed by atoms with Crippen molar-refractivity contribution in [2.75, 3.05) is 12.4 Å². The van der Waals surface area contributed by atoms with Gasteiger partial charge in [-0.3, -0.25) is 18.9 Å². The zero-order valence-corrected chi connectivity index (χ0v) is 20.3. The van der Waals surface area contributed by atoms with Crippen LogP contribution in [0.2, 0.25) is 0 Å². The van der Waals surface area contributed by atoms with Gasteiger partial charge in [0.15, 0.2) is 23.3 Å². The third-order valence-corrected chi connectivity index (χ3v) is 8.76. The van der Waals surface area contributed by atoms with E-state index in [0.29, 0.717) is 10.8 Å². The molecule has 0 radical (unpaired) electrons. The average molecular weight is 586 g/mol. The van der Waals surface area contributed by atoms with Crippen LogP contribution in [-0.2, 0) is 31.6 Å². The third-order valence-electron chi connectivity index (χ3n) is 4.84. The molecule has 204 valence electrons. The van der Waals surface area contributed by atoms with Crippen molar-refractivity contribution in [2.24, 2.45) is 0 Å². The van der Waals surface area contributed by atoms with Gasteiger partial charge in [-0.25, -0.2) is 22.5 Å². The largest absolute Gasteiger partial charge is 0.490 e. The third kappa shape index (κ3) is 5.76. The Kier molecular flexibility index (Phi) is 7.71. The highest BCUT2D eigenvalue weighted by atomic mass is 31.3. The summed E-state index contributed by atoms with van der Waals surface area (Å²) in [4.78, 5) is 53.8. The number of phosphoric acid groups is 3. The Bertz CT molecular complexity index is 1360. The number of halogens is 2. The summed E-state index contributed by atoms with van der Waals surface area (Å²) in [7, 11) is -17.3. The Balaban J connectivity index is 1.92. The van der Waals surface area contributed by atoms with E-state index >= 15 is 0 Å². The van der Waals surface area contributed by atoms with E-state index in [1.54, 1.807) is 0 Å². The van der Waals surface area contributed by atoms with Gasteiger partial charge < -0.3 is 40.3 Å². The molecule has 0 amide bonds. The Hall–Kier alpha value is -1.63. The second kappa shape index (κ2) is 9.59. The molecule has 1 aliphatic heterocycles. The van der Waals surface area contributed by atoms with Crippen molar-refractivity contribution in [1.29, 1.82) is 0 Å². The normalized spacial score (nSPS) is 29.2. The van der Waals surface area contributed by atoms with E-state index in [1.807, 2.05) is 4.98 Å². The molecule has 1 aliphatic rings. The van der Waals surface area contributed by atoms with Crippen molar-refractivity contribution in [1.82, 2.24) is 14.5 Å². The summed E-state index contributed by atoms with van der Waals surface area (Å²) in [5.74, 6) is -1.69. The van der Waals surface area contributed by atoms with Crippen molar-refractivity contribution in [3.05, 3.63) is 22.4 Å². The number of anilines is 1. The van der Waals surface area contributed by atoms with Crippen molar-refractivity contribution in [2.45, 2.75) is 37.1 Å². The Labute approximate surface area is 197 Å². The van der Waals surface area contributed by atoms with Gasteiger partial charge in [0.1, 0.15) is 24.3 Å². The number of phosphoric ester groups is 1. The van der Waals surface area contributed by atoms with Crippen LogP contribution in [0, 0.1) is 5.82 Å². The van der Waals surface area contributed by atoms with Gasteiger partial charge in [0.05, 0.1) is 6.10 Å². The fraction of sp³-hybridized carbons (Fsp3) is 0.538. The number of alkyl halides is 1. The number of fused-ring (bicyclic) bond motifs is 1. The maximum atomic E-state index is 14.4. The van der Waals surface area contributed by atoms with Gasteiger partial charge in [0.25, 0.3) is 5.56 Å². The summed E-state index contributed by atoms with van der Waals surface area (Å²) in [6.45, 7) is -0.861. The summed E-state index contributed by atoms with van der Waals surface area (Å²) in [6, 6.07) is 0. The molecule has 7 atom stereocenters. The molecule has 2 aromatic heterocycles. The minimum Gasteiger partial charge on any atom is -0.387 e. The van der Waals surface area contributed by atoms with Gasteiger partial charge in [-0.15, -0.1) is 0 Å². The molecular formula is C13H19F2N4O14P3. The van der Waals surface area contributed by atoms with Crippen molar-refractivity contribution < 1.29 is 70.1 Å². The van der Waals surface area contributed by atoms with E-state index in [4.69, 9.17) is 20.3 Å². The minimum absolute atomic E-state index is 0.494. The summed E-state index contributed by atoms with van der Waals surface area (Å²) >= 11 is 0. The smallest absolute Gasteiger partial charge is 0.387 e. The molecule has 3 rings (SSSR count). The molecule has 0 aliphatic carbocycles. The number of aliphatic hydroxyl groups excluding tert-OH is 1. The topological polar surface area (TPSA) is 286 Å². The molecule has 0 bridgehead atoms. The second-order valence-electron chi connectivity index (χ2n) is 7.46. The Morgan fingerprint density at radius 3 is 2.44 bits per heavy atom. The first kappa shape index (κ1) is 28.9. The predicted octanol–water partition coefficient (Wildman–Crippen LogP) is -0.863. The Morgan fingerprint density at radius 1 is 1.28 bits per heavy atom. The molecule has 36 heavy (non-hydrogen) atoms. The van der Waals surface area contributed by atoms with Crippen molar-refractivity contribution in [3.63, 3.8) is 0 Å². The lowest BCUT2D eigenvalue weighted by Crippen LogP contribution is -2.50. The number of nitrogens with one attached hydrogen (secondary N) is 1. The van der Waals surface area contributed by atoms with E-state index in [1.165, 1.54) is 0 Å². The number of aromatic nitrogens is 3. The number of rotatable bonds is 9. The zero-order valence-electron chi connectivity index (χ0n) is 17.6. The van der Waals surface area contributed by atoms with E-state index < -0.39 is 88.6 Å². The highest BCUT2D eigenvalue weighted by molar-refractivity contribution is 7.66. The van der Waals surface area contributed by atoms with Gasteiger partial charge in [-0.05, 0) is 6.92 Å². The number of aromatic amines is 1. The maximum Gasteiger partial charge on any atom is 0.490 e. The number of nitrogen functional groups attached to an aromatic ring is 1. The first-order chi connectivity index (χ1) is 16.3. The quantitative estimate of drug-likeness (QED) is 0.166. The van der Waals surface area contributed by atoms with E-state index in [2.05, 4.69) is 18.1 Å². The standard InChI is InChI=1S/C13H19F2N4O14P3/c1-4(31-35(26,27)33-36(28,29)32-34(23,24)25)7-8(20)13(22,3-14)11(30-7)19-2-5(15)6-9(19)17-12(16)18-10(6)21/h2,4,7-8,11,20,22H,3H2,1H3,(H,26,27)(H,28,29)(H2,23,24,25)(H3,16,17,18,21)/t4-,7+,8?,11+,13+/m0/s1. The first-order valence-corrected chi connectivity index (χ1v) is 13.8. The van der Waals surface area contributed by atoms with Crippen LogP contribution in [0.5, 0.6) is 0 Å². The van der Waals surface area contributed by atoms with Crippen LogP contribution < -0.4 is 11.3 Å². The second-order valence-corrected chi connectivity index (χ2v) is 11.8. The van der Waals surface area contributed by atoms with Crippen LogP contribution >= 0.6 is 23.5 Å². The molecule has 0 saturated carbocycles. The fourth-order valence-corrected chi connectivity index (χ4v) is 6.67. The van der Waals surface area contributed by atoms with E-state index in [-0.39, 0.29) is 0 Å². The summed E-state index contributed by atoms with van der Waals surface area (Å²) in [6.07, 6.45) is -7.55. The molecule has 18 nitrogen and oxygen atoms in total. The monoisotopic (exact) mass is 586 g/mol. The van der Waals surface area contributed by atoms with Gasteiger partial charge in [0.2, 0.25) is 5.95 Å². The number of H-pyrrole nitrogens is 1. The molecule has 0 aromatic carbocycles.